The number of hydrogen-bond donors (Lipinski definition) is 6. The predicted octanol–water partition coefficient (Wildman–Crippen LogP) is 1.08. The second-order valence-electron chi connectivity index (χ2n) is 7.12. The molecule has 12 heteroatoms. The summed E-state index contributed by atoms with van der Waals surface area (Å²) in [6, 6.07) is 13.0. The Hall–Kier alpha value is -3.71. The lowest BCUT2D eigenvalue weighted by Crippen LogP contribution is -2.26. The molecule has 0 saturated heterocycles. The van der Waals surface area contributed by atoms with Crippen molar-refractivity contribution >= 4 is 27.6 Å². The number of anilines is 1. The van der Waals surface area contributed by atoms with Gasteiger partial charge in [0.25, 0.3) is 0 Å². The summed E-state index contributed by atoms with van der Waals surface area (Å²) < 4.78 is 31.9. The number of rotatable bonds is 9. The molecule has 178 valence electrons. The van der Waals surface area contributed by atoms with Crippen molar-refractivity contribution in [2.45, 2.75) is 11.4 Å². The van der Waals surface area contributed by atoms with Gasteiger partial charge in [0.1, 0.15) is 0 Å². The first-order chi connectivity index (χ1) is 16.2. The number of sulfonamides is 1. The van der Waals surface area contributed by atoms with E-state index < -0.39 is 15.9 Å². The molecule has 0 saturated carbocycles. The lowest BCUT2D eigenvalue weighted by molar-refractivity contribution is 0.301. The molecular formula is C22H25N7O4S. The zero-order valence-corrected chi connectivity index (χ0v) is 19.2. The molecule has 11 nitrogen and oxygen atoms in total. The van der Waals surface area contributed by atoms with Crippen LogP contribution >= 0.6 is 0 Å². The normalized spacial score (nSPS) is 11.2. The Morgan fingerprint density at radius 1 is 1.09 bits per heavy atom. The maximum atomic E-state index is 12.2. The lowest BCUT2D eigenvalue weighted by Gasteiger charge is -2.11. The van der Waals surface area contributed by atoms with Crippen molar-refractivity contribution in [3.8, 4) is 11.3 Å². The van der Waals surface area contributed by atoms with Gasteiger partial charge in [-0.2, -0.15) is 0 Å². The van der Waals surface area contributed by atoms with E-state index in [2.05, 4.69) is 20.0 Å². The zero-order chi connectivity index (χ0) is 24.7. The number of aliphatic hydroxyl groups is 1. The van der Waals surface area contributed by atoms with E-state index in [0.717, 1.165) is 5.56 Å². The van der Waals surface area contributed by atoms with Crippen molar-refractivity contribution < 1.29 is 18.3 Å². The Morgan fingerprint density at radius 3 is 2.38 bits per heavy atom. The Balaban J connectivity index is 1.77. The second-order valence-corrected chi connectivity index (χ2v) is 8.89. The molecule has 7 N–H and O–H groups in total. The topological polar surface area (TPSA) is 187 Å². The molecular weight excluding hydrogens is 458 g/mol. The van der Waals surface area contributed by atoms with Crippen LogP contribution in [0, 0.1) is 10.8 Å². The van der Waals surface area contributed by atoms with Gasteiger partial charge in [0, 0.05) is 24.2 Å². The number of nitrogens with one attached hydrogen (secondary N) is 4. The zero-order valence-electron chi connectivity index (χ0n) is 18.4. The monoisotopic (exact) mass is 483 g/mol. The maximum absolute atomic E-state index is 12.2. The number of benzene rings is 2. The van der Waals surface area contributed by atoms with E-state index in [1.807, 2.05) is 19.2 Å². The van der Waals surface area contributed by atoms with Crippen molar-refractivity contribution in [3.63, 3.8) is 0 Å². The van der Waals surface area contributed by atoms with Gasteiger partial charge in [-0.15, -0.1) is 0 Å². The summed E-state index contributed by atoms with van der Waals surface area (Å²) in [4.78, 5) is 8.41. The van der Waals surface area contributed by atoms with Crippen molar-refractivity contribution in [2.24, 2.45) is 0 Å². The van der Waals surface area contributed by atoms with E-state index in [4.69, 9.17) is 26.4 Å². The van der Waals surface area contributed by atoms with Crippen LogP contribution in [0.1, 0.15) is 16.8 Å². The standard InChI is InChI=1S/C22H25N7O4S/c1-26-12-14-2-4-16(5-3-14)21(24)33-22(25)19-20(23)27-13-18(29-19)15-6-8-17(9-7-15)34(31,32)28-10-11-30/h2-9,13,24-26,28,30H,10-12H2,1H3,(H2,23,27). The quantitative estimate of drug-likeness (QED) is 0.193. The van der Waals surface area contributed by atoms with Gasteiger partial charge >= 0.3 is 0 Å². The summed E-state index contributed by atoms with van der Waals surface area (Å²) >= 11 is 0. The van der Waals surface area contributed by atoms with E-state index in [1.54, 1.807) is 12.1 Å². The smallest absolute Gasteiger partial charge is 0.243 e. The number of aromatic nitrogens is 2. The summed E-state index contributed by atoms with van der Waals surface area (Å²) in [5.41, 5.74) is 8.24. The van der Waals surface area contributed by atoms with Crippen LogP contribution in [0.4, 0.5) is 5.82 Å². The van der Waals surface area contributed by atoms with Gasteiger partial charge in [0.2, 0.25) is 21.8 Å². The largest absolute Gasteiger partial charge is 0.419 e. The van der Waals surface area contributed by atoms with Crippen LogP contribution in [0.15, 0.2) is 59.6 Å². The van der Waals surface area contributed by atoms with E-state index in [1.165, 1.54) is 30.5 Å². The van der Waals surface area contributed by atoms with Crippen LogP contribution in [0.25, 0.3) is 11.3 Å². The summed E-state index contributed by atoms with van der Waals surface area (Å²) in [6.07, 6.45) is 1.39. The number of nitrogen functional groups attached to an aromatic ring is 1. The first-order valence-corrected chi connectivity index (χ1v) is 11.7. The molecule has 0 aliphatic rings. The molecule has 0 spiro atoms. The van der Waals surface area contributed by atoms with E-state index in [0.29, 0.717) is 23.4 Å². The molecule has 3 rings (SSSR count). The second kappa shape index (κ2) is 10.9. The van der Waals surface area contributed by atoms with Crippen molar-refractivity contribution in [1.82, 2.24) is 20.0 Å². The van der Waals surface area contributed by atoms with Gasteiger partial charge in [-0.1, -0.05) is 24.3 Å². The molecule has 0 bridgehead atoms. The Morgan fingerprint density at radius 2 is 1.76 bits per heavy atom. The van der Waals surface area contributed by atoms with Gasteiger partial charge in [0.05, 0.1) is 23.4 Å². The molecule has 0 radical (unpaired) electrons. The van der Waals surface area contributed by atoms with Crippen molar-refractivity contribution in [3.05, 3.63) is 71.5 Å². The lowest BCUT2D eigenvalue weighted by atomic mass is 10.1. The maximum Gasteiger partial charge on any atom is 0.243 e. The molecule has 1 heterocycles. The SMILES string of the molecule is CNCc1ccc(C(=N)OC(=N)c2nc(-c3ccc(S(=O)(=O)NCCO)cc3)cnc2N)cc1. The van der Waals surface area contributed by atoms with E-state index in [-0.39, 0.29) is 35.5 Å². The molecule has 1 aromatic heterocycles. The van der Waals surface area contributed by atoms with Crippen LogP contribution in [0.2, 0.25) is 0 Å². The minimum atomic E-state index is -3.74. The fourth-order valence-electron chi connectivity index (χ4n) is 2.96. The summed E-state index contributed by atoms with van der Waals surface area (Å²) in [6.45, 7) is 0.289. The minimum Gasteiger partial charge on any atom is -0.419 e. The summed E-state index contributed by atoms with van der Waals surface area (Å²) in [5.74, 6) is -0.723. The van der Waals surface area contributed by atoms with E-state index >= 15 is 0 Å². The molecule has 0 aliphatic carbocycles. The van der Waals surface area contributed by atoms with Gasteiger partial charge in [-0.3, -0.25) is 10.8 Å². The Kier molecular flexibility index (Phi) is 8.02. The third-order valence-corrected chi connectivity index (χ3v) is 6.16. The van der Waals surface area contributed by atoms with Crippen LogP contribution in [-0.4, -0.2) is 55.5 Å². The van der Waals surface area contributed by atoms with Crippen LogP contribution in [-0.2, 0) is 21.3 Å². The van der Waals surface area contributed by atoms with Crippen LogP contribution in [0.5, 0.6) is 0 Å². The van der Waals surface area contributed by atoms with Crippen molar-refractivity contribution in [2.75, 3.05) is 25.9 Å². The van der Waals surface area contributed by atoms with Gasteiger partial charge in [-0.25, -0.2) is 23.1 Å². The molecule has 0 aliphatic heterocycles. The third kappa shape index (κ3) is 5.99. The molecule has 2 aromatic carbocycles. The number of aliphatic hydroxyl groups excluding tert-OH is 1. The highest BCUT2D eigenvalue weighted by atomic mass is 32.2. The molecule has 0 atom stereocenters. The minimum absolute atomic E-state index is 0.0265. The summed E-state index contributed by atoms with van der Waals surface area (Å²) in [5, 5.41) is 28.2. The number of hydrogen-bond acceptors (Lipinski definition) is 10. The molecule has 3 aromatic rings. The molecule has 34 heavy (non-hydrogen) atoms. The van der Waals surface area contributed by atoms with Crippen LogP contribution < -0.4 is 15.8 Å². The van der Waals surface area contributed by atoms with Gasteiger partial charge < -0.3 is 20.9 Å². The average Bonchev–Trinajstić information content (AvgIpc) is 2.83. The van der Waals surface area contributed by atoms with Crippen LogP contribution in [0.3, 0.4) is 0 Å². The first kappa shape index (κ1) is 24.9. The van der Waals surface area contributed by atoms with Crippen molar-refractivity contribution in [1.29, 1.82) is 10.8 Å². The average molecular weight is 484 g/mol. The van der Waals surface area contributed by atoms with Gasteiger partial charge in [-0.05, 0) is 36.9 Å². The highest BCUT2D eigenvalue weighted by Crippen LogP contribution is 2.21. The molecule has 0 fully saturated rings. The highest BCUT2D eigenvalue weighted by Gasteiger charge is 2.17. The first-order valence-electron chi connectivity index (χ1n) is 10.2. The number of ether oxygens (including phenoxy) is 1. The number of nitrogens with zero attached hydrogens (tertiary/aromatic N) is 2. The highest BCUT2D eigenvalue weighted by molar-refractivity contribution is 7.89. The fourth-order valence-corrected chi connectivity index (χ4v) is 3.98. The Bertz CT molecular complexity index is 1280. The van der Waals surface area contributed by atoms with Gasteiger partial charge in [0.15, 0.2) is 11.5 Å². The third-order valence-electron chi connectivity index (χ3n) is 4.68. The molecule has 0 unspecified atom stereocenters. The fraction of sp³-hybridized carbons (Fsp3) is 0.182. The summed E-state index contributed by atoms with van der Waals surface area (Å²) in [7, 11) is -1.90. The number of nitrogens with two attached hydrogens (primary N) is 1. The molecule has 0 amide bonds. The predicted molar refractivity (Wildman–Crippen MR) is 128 cm³/mol. The van der Waals surface area contributed by atoms with E-state index in [9.17, 15) is 8.42 Å². The Labute approximate surface area is 197 Å².